The van der Waals surface area contributed by atoms with Gasteiger partial charge in [-0.15, -0.1) is 0 Å². The summed E-state index contributed by atoms with van der Waals surface area (Å²) in [6.45, 7) is 25.6. The van der Waals surface area contributed by atoms with Crippen molar-refractivity contribution in [3.05, 3.63) is 46.5 Å². The Bertz CT molecular complexity index is 1240. The number of fused-ring (bicyclic) bond motifs is 3. The van der Waals surface area contributed by atoms with Gasteiger partial charge in [-0.2, -0.15) is 0 Å². The van der Waals surface area contributed by atoms with Crippen molar-refractivity contribution < 1.29 is 12.9 Å². The Labute approximate surface area is 213 Å². The van der Waals surface area contributed by atoms with Crippen molar-refractivity contribution in [1.29, 1.82) is 0 Å². The van der Waals surface area contributed by atoms with E-state index in [0.29, 0.717) is 19.1 Å². The maximum atomic E-state index is 6.62. The summed E-state index contributed by atoms with van der Waals surface area (Å²) in [4.78, 5) is 0. The van der Waals surface area contributed by atoms with Crippen molar-refractivity contribution in [2.75, 3.05) is 13.2 Å². The molecule has 0 aliphatic rings. The van der Waals surface area contributed by atoms with Gasteiger partial charge in [0.15, 0.2) is 0 Å². The molecular formula is C30H46NO3P. The van der Waals surface area contributed by atoms with Crippen LogP contribution in [0, 0.1) is 5.92 Å². The molecule has 0 aliphatic carbocycles. The molecule has 1 aromatic heterocycles. The van der Waals surface area contributed by atoms with Crippen molar-refractivity contribution in [3.8, 4) is 0 Å². The summed E-state index contributed by atoms with van der Waals surface area (Å²) in [5.74, 6) is 0.555. The number of hydrogen-bond donors (Lipinski definition) is 1. The van der Waals surface area contributed by atoms with Crippen molar-refractivity contribution >= 4 is 30.2 Å². The van der Waals surface area contributed by atoms with E-state index in [1.165, 1.54) is 22.3 Å². The van der Waals surface area contributed by atoms with Crippen LogP contribution in [0.3, 0.4) is 0 Å². The summed E-state index contributed by atoms with van der Waals surface area (Å²) in [5.41, 5.74) is 12.3. The van der Waals surface area contributed by atoms with Crippen LogP contribution in [-0.4, -0.2) is 13.2 Å². The van der Waals surface area contributed by atoms with E-state index in [4.69, 9.17) is 18.7 Å². The molecule has 35 heavy (non-hydrogen) atoms. The van der Waals surface area contributed by atoms with E-state index in [1.54, 1.807) is 0 Å². The third-order valence-electron chi connectivity index (χ3n) is 6.30. The van der Waals surface area contributed by atoms with Crippen LogP contribution in [-0.2, 0) is 22.7 Å². The molecule has 194 valence electrons. The van der Waals surface area contributed by atoms with Crippen LogP contribution >= 0.6 is 8.24 Å². The van der Waals surface area contributed by atoms with Gasteiger partial charge < -0.3 is 14.1 Å². The summed E-state index contributed by atoms with van der Waals surface area (Å²) < 4.78 is 19.3. The highest BCUT2D eigenvalue weighted by molar-refractivity contribution is 7.31. The smallest absolute Gasteiger partial charge is 0.387 e. The molecule has 3 rings (SSSR count). The summed E-state index contributed by atoms with van der Waals surface area (Å²) in [6.07, 6.45) is 1.01. The highest BCUT2D eigenvalue weighted by atomic mass is 31.1. The molecule has 0 spiro atoms. The lowest BCUT2D eigenvalue weighted by molar-refractivity contribution is 0.380. The van der Waals surface area contributed by atoms with Crippen molar-refractivity contribution in [2.45, 2.75) is 98.8 Å². The second-order valence-corrected chi connectivity index (χ2v) is 14.4. The third-order valence-corrected chi connectivity index (χ3v) is 7.36. The molecule has 1 atom stereocenters. The fourth-order valence-corrected chi connectivity index (χ4v) is 5.49. The highest BCUT2D eigenvalue weighted by Crippen LogP contribution is 2.44. The lowest BCUT2D eigenvalue weighted by atomic mass is 9.78. The van der Waals surface area contributed by atoms with Crippen molar-refractivity contribution in [3.63, 3.8) is 0 Å². The van der Waals surface area contributed by atoms with Crippen LogP contribution in [0.15, 0.2) is 32.7 Å². The van der Waals surface area contributed by atoms with Crippen LogP contribution in [0.2, 0.25) is 0 Å². The predicted octanol–water partition coefficient (Wildman–Crippen LogP) is 8.77. The molecule has 1 heterocycles. The molecule has 0 bridgehead atoms. The normalized spacial score (nSPS) is 13.8. The molecule has 0 fully saturated rings. The summed E-state index contributed by atoms with van der Waals surface area (Å²) in [7, 11) is -1.65. The Kier molecular flexibility index (Phi) is 7.92. The van der Waals surface area contributed by atoms with E-state index in [0.717, 1.165) is 28.4 Å². The minimum Gasteiger partial charge on any atom is -0.399 e. The van der Waals surface area contributed by atoms with Crippen LogP contribution in [0.4, 0.5) is 0 Å². The molecule has 3 aromatic rings. The van der Waals surface area contributed by atoms with Gasteiger partial charge in [0, 0.05) is 28.4 Å². The summed E-state index contributed by atoms with van der Waals surface area (Å²) in [5, 5.41) is 2.19. The molecule has 0 saturated heterocycles. The van der Waals surface area contributed by atoms with E-state index >= 15 is 0 Å². The Balaban J connectivity index is 2.66. The van der Waals surface area contributed by atoms with Gasteiger partial charge in [-0.1, -0.05) is 88.3 Å². The second-order valence-electron chi connectivity index (χ2n) is 13.3. The minimum atomic E-state index is -1.65. The van der Waals surface area contributed by atoms with Gasteiger partial charge >= 0.3 is 8.24 Å². The first-order valence-electron chi connectivity index (χ1n) is 12.9. The van der Waals surface area contributed by atoms with Gasteiger partial charge in [-0.25, -0.2) is 0 Å². The topological polar surface area (TPSA) is 61.5 Å². The molecule has 0 saturated carbocycles. The van der Waals surface area contributed by atoms with Crippen LogP contribution in [0.25, 0.3) is 21.9 Å². The number of benzene rings is 2. The standard InChI is InChI=1S/C30H46NO3P/c1-19(2)14-20-15-22-23-17-21(28(3,4)5)18-25(30(9,10)11)27(23)34-35(32-13-12-31)33-26(22)24(16-20)29(6,7)8/h15-19H,12-14,31H2,1-11H3. The van der Waals surface area contributed by atoms with E-state index in [2.05, 4.69) is 100 Å². The molecule has 2 N–H and O–H groups in total. The highest BCUT2D eigenvalue weighted by Gasteiger charge is 2.27. The molecule has 0 radical (unpaired) electrons. The zero-order valence-corrected chi connectivity index (χ0v) is 24.7. The maximum absolute atomic E-state index is 6.62. The van der Waals surface area contributed by atoms with Gasteiger partial charge in [-0.3, -0.25) is 4.52 Å². The molecule has 4 nitrogen and oxygen atoms in total. The summed E-state index contributed by atoms with van der Waals surface area (Å²) in [6, 6.07) is 9.25. The zero-order valence-electron chi connectivity index (χ0n) is 23.8. The van der Waals surface area contributed by atoms with Gasteiger partial charge in [0.05, 0.1) is 6.61 Å². The zero-order chi connectivity index (χ0) is 26.3. The van der Waals surface area contributed by atoms with E-state index in [1.807, 2.05) is 0 Å². The first-order chi connectivity index (χ1) is 16.0. The Morgan fingerprint density at radius 1 is 0.771 bits per heavy atom. The predicted molar refractivity (Wildman–Crippen MR) is 151 cm³/mol. The number of hydrogen-bond acceptors (Lipinski definition) is 4. The van der Waals surface area contributed by atoms with Crippen molar-refractivity contribution in [1.82, 2.24) is 0 Å². The first-order valence-corrected chi connectivity index (χ1v) is 14.0. The van der Waals surface area contributed by atoms with Crippen LogP contribution in [0.5, 0.6) is 0 Å². The Morgan fingerprint density at radius 3 is 1.74 bits per heavy atom. The molecule has 5 heteroatoms. The van der Waals surface area contributed by atoms with Gasteiger partial charge in [-0.05, 0) is 51.8 Å². The first kappa shape index (κ1) is 27.8. The van der Waals surface area contributed by atoms with E-state index in [9.17, 15) is 0 Å². The fourth-order valence-electron chi connectivity index (χ4n) is 4.40. The number of nitrogens with two attached hydrogens (primary N) is 1. The van der Waals surface area contributed by atoms with Gasteiger partial charge in [0.2, 0.25) is 0 Å². The fraction of sp³-hybridized carbons (Fsp3) is 0.600. The quantitative estimate of drug-likeness (QED) is 0.381. The Morgan fingerprint density at radius 2 is 1.29 bits per heavy atom. The third kappa shape index (κ3) is 6.34. The van der Waals surface area contributed by atoms with E-state index < -0.39 is 8.24 Å². The van der Waals surface area contributed by atoms with E-state index in [-0.39, 0.29) is 16.2 Å². The molecule has 1 unspecified atom stereocenters. The SMILES string of the molecule is CC(C)Cc1cc(C(C)(C)C)c2op(OCCN)oc3c(C(C)(C)C)cc(C(C)(C)C)cc3c2c1. The molecule has 2 aromatic carbocycles. The minimum absolute atomic E-state index is 0.00839. The maximum Gasteiger partial charge on any atom is 0.387 e. The lowest BCUT2D eigenvalue weighted by Gasteiger charge is -2.26. The van der Waals surface area contributed by atoms with Crippen molar-refractivity contribution in [2.24, 2.45) is 11.7 Å². The van der Waals surface area contributed by atoms with Crippen LogP contribution in [0.1, 0.15) is 98.4 Å². The Hall–Kier alpha value is -1.74. The average Bonchev–Trinajstić information content (AvgIpc) is 2.85. The summed E-state index contributed by atoms with van der Waals surface area (Å²) >= 11 is 0. The monoisotopic (exact) mass is 499 g/mol. The number of rotatable bonds is 5. The molecule has 0 amide bonds. The second kappa shape index (κ2) is 9.96. The lowest BCUT2D eigenvalue weighted by Crippen LogP contribution is -2.16. The average molecular weight is 500 g/mol. The largest absolute Gasteiger partial charge is 0.399 e. The van der Waals surface area contributed by atoms with Gasteiger partial charge in [0.25, 0.3) is 0 Å². The van der Waals surface area contributed by atoms with Gasteiger partial charge in [0.1, 0.15) is 11.2 Å². The molecular weight excluding hydrogens is 453 g/mol. The van der Waals surface area contributed by atoms with Crippen LogP contribution < -0.4 is 10.3 Å². The molecule has 0 aliphatic heterocycles.